The van der Waals surface area contributed by atoms with Gasteiger partial charge in [0.2, 0.25) is 0 Å². The molecule has 0 aliphatic carbocycles. The number of rotatable bonds is 4. The van der Waals surface area contributed by atoms with E-state index >= 15 is 0 Å². The van der Waals surface area contributed by atoms with Crippen molar-refractivity contribution in [1.82, 2.24) is 4.98 Å². The number of thioether (sulfide) groups is 1. The Labute approximate surface area is 125 Å². The van der Waals surface area contributed by atoms with Crippen molar-refractivity contribution in [1.29, 1.82) is 0 Å². The summed E-state index contributed by atoms with van der Waals surface area (Å²) >= 11 is 6.99. The maximum Gasteiger partial charge on any atom is 0.185 e. The molecule has 0 bridgehead atoms. The third-order valence-corrected chi connectivity index (χ3v) is 4.13. The molecule has 0 radical (unpaired) electrons. The summed E-state index contributed by atoms with van der Waals surface area (Å²) in [6.45, 7) is 1.42. The number of nitrogens with zero attached hydrogens (tertiary/aromatic N) is 1. The van der Waals surface area contributed by atoms with Gasteiger partial charge in [-0.1, -0.05) is 47.6 Å². The Morgan fingerprint density at radius 1 is 1.35 bits per heavy atom. The molecule has 0 aliphatic rings. The molecule has 0 amide bonds. The van der Waals surface area contributed by atoms with E-state index in [0.717, 1.165) is 22.5 Å². The van der Waals surface area contributed by atoms with Gasteiger partial charge in [0.25, 0.3) is 0 Å². The van der Waals surface area contributed by atoms with Crippen LogP contribution in [0.25, 0.3) is 10.8 Å². The number of carbonyl (C=O) groups excluding carboxylic acids is 1. The van der Waals surface area contributed by atoms with Gasteiger partial charge < -0.3 is 10.2 Å². The van der Waals surface area contributed by atoms with E-state index < -0.39 is 12.2 Å². The van der Waals surface area contributed by atoms with Crippen LogP contribution in [0.4, 0.5) is 0 Å². The molecule has 2 rings (SSSR count). The van der Waals surface area contributed by atoms with E-state index in [9.17, 15) is 15.0 Å². The van der Waals surface area contributed by atoms with Gasteiger partial charge in [-0.25, -0.2) is 4.98 Å². The molecule has 0 aliphatic heterocycles. The molecule has 0 spiro atoms. The smallest absolute Gasteiger partial charge is 0.185 e. The molecule has 0 saturated carbocycles. The molecule has 2 aromatic rings. The molecule has 2 N–H and O–H groups in total. The first-order valence-electron chi connectivity index (χ1n) is 6.03. The van der Waals surface area contributed by atoms with Crippen molar-refractivity contribution in [2.45, 2.75) is 19.1 Å². The standard InChI is InChI=1S/C14H14ClNO3S/c1-8(17)20-7-12(18)13(19)11-6-16-14(15)10-5-3-2-4-9(10)11/h2-6,12-13,18-19H,7H2,1H3. The van der Waals surface area contributed by atoms with Crippen LogP contribution >= 0.6 is 23.4 Å². The quantitative estimate of drug-likeness (QED) is 0.849. The van der Waals surface area contributed by atoms with E-state index in [1.807, 2.05) is 18.2 Å². The Morgan fingerprint density at radius 3 is 2.65 bits per heavy atom. The molecule has 2 unspecified atom stereocenters. The van der Waals surface area contributed by atoms with Crippen LogP contribution in [0.2, 0.25) is 5.15 Å². The topological polar surface area (TPSA) is 70.4 Å². The molecule has 106 valence electrons. The van der Waals surface area contributed by atoms with E-state index in [4.69, 9.17) is 11.6 Å². The number of hydrogen-bond acceptors (Lipinski definition) is 5. The molecule has 2 atom stereocenters. The highest BCUT2D eigenvalue weighted by atomic mass is 35.5. The molecule has 1 aromatic heterocycles. The number of aliphatic hydroxyl groups excluding tert-OH is 2. The number of carbonyl (C=O) groups is 1. The Hall–Kier alpha value is -1.14. The lowest BCUT2D eigenvalue weighted by Gasteiger charge is -2.19. The molecule has 6 heteroatoms. The molecular weight excluding hydrogens is 298 g/mol. The first kappa shape index (κ1) is 15.3. The van der Waals surface area contributed by atoms with Crippen LogP contribution in [0.3, 0.4) is 0 Å². The van der Waals surface area contributed by atoms with Crippen molar-refractivity contribution in [2.24, 2.45) is 0 Å². The van der Waals surface area contributed by atoms with Gasteiger partial charge in [0.05, 0.1) is 6.10 Å². The number of halogens is 1. The fourth-order valence-corrected chi connectivity index (χ4v) is 2.72. The molecule has 1 heterocycles. The molecule has 20 heavy (non-hydrogen) atoms. The molecule has 1 aromatic carbocycles. The molecule has 0 saturated heterocycles. The van der Waals surface area contributed by atoms with Gasteiger partial charge in [-0.15, -0.1) is 0 Å². The predicted octanol–water partition coefficient (Wildman–Crippen LogP) is 2.56. The number of hydrogen-bond donors (Lipinski definition) is 2. The van der Waals surface area contributed by atoms with Crippen LogP contribution in [-0.2, 0) is 4.79 Å². The average molecular weight is 312 g/mol. The maximum atomic E-state index is 10.9. The van der Waals surface area contributed by atoms with Crippen LogP contribution in [0.1, 0.15) is 18.6 Å². The highest BCUT2D eigenvalue weighted by Crippen LogP contribution is 2.30. The average Bonchev–Trinajstić information content (AvgIpc) is 2.44. The maximum absolute atomic E-state index is 10.9. The summed E-state index contributed by atoms with van der Waals surface area (Å²) in [4.78, 5) is 14.9. The fraction of sp³-hybridized carbons (Fsp3) is 0.286. The lowest BCUT2D eigenvalue weighted by atomic mass is 10.0. The predicted molar refractivity (Wildman–Crippen MR) is 80.9 cm³/mol. The van der Waals surface area contributed by atoms with Gasteiger partial charge in [0.15, 0.2) is 5.12 Å². The van der Waals surface area contributed by atoms with E-state index in [2.05, 4.69) is 4.98 Å². The number of aromatic nitrogens is 1. The Bertz CT molecular complexity index is 635. The van der Waals surface area contributed by atoms with Gasteiger partial charge >= 0.3 is 0 Å². The number of pyridine rings is 1. The van der Waals surface area contributed by atoms with E-state index in [1.165, 1.54) is 13.1 Å². The highest BCUT2D eigenvalue weighted by Gasteiger charge is 2.22. The molecule has 0 fully saturated rings. The summed E-state index contributed by atoms with van der Waals surface area (Å²) < 4.78 is 0. The third kappa shape index (κ3) is 3.30. The zero-order valence-corrected chi connectivity index (χ0v) is 12.4. The molecular formula is C14H14ClNO3S. The first-order chi connectivity index (χ1) is 9.50. The second-order valence-electron chi connectivity index (χ2n) is 4.36. The van der Waals surface area contributed by atoms with Crippen molar-refractivity contribution >= 4 is 39.3 Å². The number of fused-ring (bicyclic) bond motifs is 1. The summed E-state index contributed by atoms with van der Waals surface area (Å²) in [5.41, 5.74) is 0.502. The van der Waals surface area contributed by atoms with Crippen molar-refractivity contribution in [3.8, 4) is 0 Å². The fourth-order valence-electron chi connectivity index (χ4n) is 1.92. The Morgan fingerprint density at radius 2 is 2.00 bits per heavy atom. The third-order valence-electron chi connectivity index (χ3n) is 2.92. The van der Waals surface area contributed by atoms with Crippen molar-refractivity contribution in [2.75, 3.05) is 5.75 Å². The van der Waals surface area contributed by atoms with Crippen LogP contribution in [0.5, 0.6) is 0 Å². The zero-order valence-electron chi connectivity index (χ0n) is 10.8. The van der Waals surface area contributed by atoms with Crippen LogP contribution in [0, 0.1) is 0 Å². The van der Waals surface area contributed by atoms with Gasteiger partial charge in [0.1, 0.15) is 11.3 Å². The minimum absolute atomic E-state index is 0.102. The largest absolute Gasteiger partial charge is 0.389 e. The lowest BCUT2D eigenvalue weighted by Crippen LogP contribution is -2.21. The number of aliphatic hydroxyl groups is 2. The van der Waals surface area contributed by atoms with E-state index in [-0.39, 0.29) is 10.9 Å². The summed E-state index contributed by atoms with van der Waals surface area (Å²) in [5.74, 6) is 0.132. The summed E-state index contributed by atoms with van der Waals surface area (Å²) in [7, 11) is 0. The number of benzene rings is 1. The summed E-state index contributed by atoms with van der Waals surface area (Å²) in [6, 6.07) is 7.27. The zero-order chi connectivity index (χ0) is 14.7. The van der Waals surface area contributed by atoms with E-state index in [1.54, 1.807) is 6.07 Å². The lowest BCUT2D eigenvalue weighted by molar-refractivity contribution is -0.109. The van der Waals surface area contributed by atoms with Crippen LogP contribution < -0.4 is 0 Å². The first-order valence-corrected chi connectivity index (χ1v) is 7.39. The minimum atomic E-state index is -1.11. The van der Waals surface area contributed by atoms with Crippen LogP contribution in [0.15, 0.2) is 30.5 Å². The van der Waals surface area contributed by atoms with Gasteiger partial charge in [-0.2, -0.15) is 0 Å². The van der Waals surface area contributed by atoms with Crippen molar-refractivity contribution in [3.63, 3.8) is 0 Å². The molecule has 4 nitrogen and oxygen atoms in total. The Kier molecular flexibility index (Phi) is 4.99. The van der Waals surface area contributed by atoms with Crippen molar-refractivity contribution < 1.29 is 15.0 Å². The summed E-state index contributed by atoms with van der Waals surface area (Å²) in [6.07, 6.45) is -0.705. The van der Waals surface area contributed by atoms with Crippen LogP contribution in [-0.4, -0.2) is 32.2 Å². The SMILES string of the molecule is CC(=O)SCC(O)C(O)c1cnc(Cl)c2ccccc12. The summed E-state index contributed by atoms with van der Waals surface area (Å²) in [5, 5.41) is 21.9. The normalized spacial score (nSPS) is 14.2. The minimum Gasteiger partial charge on any atom is -0.389 e. The second kappa shape index (κ2) is 6.54. The Balaban J connectivity index is 2.32. The van der Waals surface area contributed by atoms with Gasteiger partial charge in [0, 0.05) is 29.8 Å². The monoisotopic (exact) mass is 311 g/mol. The highest BCUT2D eigenvalue weighted by molar-refractivity contribution is 8.13. The van der Waals surface area contributed by atoms with Gasteiger partial charge in [-0.05, 0) is 5.39 Å². The van der Waals surface area contributed by atoms with Crippen molar-refractivity contribution in [3.05, 3.63) is 41.2 Å². The second-order valence-corrected chi connectivity index (χ2v) is 5.92. The van der Waals surface area contributed by atoms with Gasteiger partial charge in [-0.3, -0.25) is 4.79 Å². The van der Waals surface area contributed by atoms with E-state index in [0.29, 0.717) is 10.7 Å².